The summed E-state index contributed by atoms with van der Waals surface area (Å²) in [7, 11) is -11.5. The van der Waals surface area contributed by atoms with Gasteiger partial charge in [0.05, 0.1) is 24.6 Å². The van der Waals surface area contributed by atoms with E-state index < -0.39 is 21.2 Å². The van der Waals surface area contributed by atoms with E-state index in [1.54, 1.807) is 0 Å². The van der Waals surface area contributed by atoms with Gasteiger partial charge in [-0.3, -0.25) is 0 Å². The fourth-order valence-electron chi connectivity index (χ4n) is 1.95. The second-order valence-corrected chi connectivity index (χ2v) is 11.6. The van der Waals surface area contributed by atoms with Gasteiger partial charge in [0, 0.05) is 7.26 Å². The predicted molar refractivity (Wildman–Crippen MR) is 73.2 cm³/mol. The molecule has 0 N–H and O–H groups in total. The third kappa shape index (κ3) is 12.0. The van der Waals surface area contributed by atoms with Crippen LogP contribution in [0.25, 0.3) is 0 Å². The van der Waals surface area contributed by atoms with Gasteiger partial charge in [-0.25, -0.2) is 4.79 Å². The molecule has 0 aromatic carbocycles. The van der Waals surface area contributed by atoms with Crippen LogP contribution < -0.4 is 0 Å². The zero-order valence-corrected chi connectivity index (χ0v) is 13.8. The fourth-order valence-corrected chi connectivity index (χ4v) is 5.11. The minimum atomic E-state index is -10.7. The topological polar surface area (TPSA) is 35.5 Å². The van der Waals surface area contributed by atoms with Gasteiger partial charge in [-0.2, -0.15) is 0 Å². The van der Waals surface area contributed by atoms with Crippen molar-refractivity contribution in [3.05, 3.63) is 0 Å². The maximum absolute atomic E-state index is 10.8. The van der Waals surface area contributed by atoms with Gasteiger partial charge in [0.2, 0.25) is 0 Å². The number of ether oxygens (including phenoxy) is 2. The van der Waals surface area contributed by atoms with Crippen LogP contribution in [0.1, 0.15) is 20.8 Å². The second kappa shape index (κ2) is 6.07. The quantitative estimate of drug-likeness (QED) is 0.342. The van der Waals surface area contributed by atoms with Crippen molar-refractivity contribution in [2.45, 2.75) is 26.9 Å². The van der Waals surface area contributed by atoms with Gasteiger partial charge in [0.15, 0.2) is 6.10 Å². The van der Waals surface area contributed by atoms with Crippen molar-refractivity contribution in [3.8, 4) is 0 Å². The zero-order valence-electron chi connectivity index (χ0n) is 12.0. The molecule has 1 fully saturated rings. The zero-order chi connectivity index (χ0) is 17.0. The van der Waals surface area contributed by atoms with Crippen molar-refractivity contribution in [1.29, 1.82) is 0 Å². The number of rotatable bonds is 5. The van der Waals surface area contributed by atoms with Gasteiger partial charge in [-0.1, -0.05) is 0 Å². The summed E-state index contributed by atoms with van der Waals surface area (Å²) in [5, 5.41) is 0. The summed E-state index contributed by atoms with van der Waals surface area (Å²) in [6.45, 7) is 7.20. The molecule has 0 aromatic rings. The van der Waals surface area contributed by atoms with Gasteiger partial charge in [0.25, 0.3) is 0 Å². The van der Waals surface area contributed by atoms with Crippen LogP contribution >= 0.6 is 15.1 Å². The molecular weight excluding hydrogens is 344 g/mol. The molecule has 0 spiro atoms. The molecule has 1 atom stereocenters. The summed E-state index contributed by atoms with van der Waals surface area (Å²) in [5.74, 6) is 0. The van der Waals surface area contributed by atoms with Crippen LogP contribution in [-0.4, -0.2) is 43.5 Å². The number of halogens is 6. The summed E-state index contributed by atoms with van der Waals surface area (Å²) in [6, 6.07) is 0. The fraction of sp³-hybridized carbons (Fsp3) is 0.900. The van der Waals surface area contributed by atoms with Crippen LogP contribution in [0.2, 0.25) is 0 Å². The van der Waals surface area contributed by atoms with E-state index in [0.717, 1.165) is 6.16 Å². The van der Waals surface area contributed by atoms with Crippen molar-refractivity contribution < 1.29 is 39.4 Å². The van der Waals surface area contributed by atoms with E-state index in [9.17, 15) is 30.0 Å². The Morgan fingerprint density at radius 3 is 1.67 bits per heavy atom. The second-order valence-electron chi connectivity index (χ2n) is 4.73. The van der Waals surface area contributed by atoms with E-state index in [1.165, 1.54) is 18.5 Å². The van der Waals surface area contributed by atoms with Gasteiger partial charge in [0.1, 0.15) is 6.61 Å². The van der Waals surface area contributed by atoms with Crippen LogP contribution in [0.5, 0.6) is 0 Å². The minimum absolute atomic E-state index is 0.0238. The average Bonchev–Trinajstić information content (AvgIpc) is 2.68. The molecule has 1 heterocycles. The number of hydrogen-bond donors (Lipinski definition) is 0. The van der Waals surface area contributed by atoms with E-state index in [4.69, 9.17) is 9.47 Å². The Labute approximate surface area is 119 Å². The van der Waals surface area contributed by atoms with E-state index >= 15 is 0 Å². The Kier molecular flexibility index (Phi) is 5.99. The van der Waals surface area contributed by atoms with Crippen LogP contribution in [0.3, 0.4) is 0 Å². The monoisotopic (exact) mass is 364 g/mol. The van der Waals surface area contributed by atoms with Crippen LogP contribution in [0.4, 0.5) is 30.0 Å². The van der Waals surface area contributed by atoms with Crippen LogP contribution in [0, 0.1) is 0 Å². The maximum atomic E-state index is 10.8. The van der Waals surface area contributed by atoms with Gasteiger partial charge in [-0.15, -0.1) is 0 Å². The molecule has 0 radical (unpaired) electrons. The Bertz CT molecular complexity index is 345. The molecule has 11 heteroatoms. The van der Waals surface area contributed by atoms with Crippen molar-refractivity contribution >= 4 is 21.2 Å². The first-order chi connectivity index (χ1) is 9.10. The van der Waals surface area contributed by atoms with E-state index in [-0.39, 0.29) is 6.10 Å². The molecule has 0 bridgehead atoms. The third-order valence-electron chi connectivity index (χ3n) is 3.25. The summed E-state index contributed by atoms with van der Waals surface area (Å²) < 4.78 is 69.1. The summed E-state index contributed by atoms with van der Waals surface area (Å²) in [5.41, 5.74) is 0. The molecule has 3 nitrogen and oxygen atoms in total. The molecule has 21 heavy (non-hydrogen) atoms. The number of carbonyl (C=O) groups excluding carboxylic acids is 1. The van der Waals surface area contributed by atoms with Crippen molar-refractivity contribution in [1.82, 2.24) is 0 Å². The van der Waals surface area contributed by atoms with Crippen LogP contribution in [-0.2, 0) is 9.47 Å². The van der Waals surface area contributed by atoms with E-state index in [1.807, 2.05) is 0 Å². The Hall–Kier alpha value is -0.290. The van der Waals surface area contributed by atoms with Crippen LogP contribution in [0.15, 0.2) is 0 Å². The van der Waals surface area contributed by atoms with Gasteiger partial charge in [-0.05, 0) is 20.8 Å². The molecule has 0 amide bonds. The third-order valence-corrected chi connectivity index (χ3v) is 8.46. The molecule has 0 aromatic heterocycles. The Morgan fingerprint density at radius 2 is 1.43 bits per heavy atom. The van der Waals surface area contributed by atoms with E-state index in [2.05, 4.69) is 20.8 Å². The molecule has 1 unspecified atom stereocenters. The molecule has 0 saturated carbocycles. The van der Waals surface area contributed by atoms with Crippen molar-refractivity contribution in [2.75, 3.05) is 31.3 Å². The predicted octanol–water partition coefficient (Wildman–Crippen LogP) is 5.98. The van der Waals surface area contributed by atoms with E-state index in [0.29, 0.717) is 6.61 Å². The van der Waals surface area contributed by atoms with Crippen molar-refractivity contribution in [2.24, 2.45) is 0 Å². The summed E-state index contributed by atoms with van der Waals surface area (Å²) in [4.78, 5) is 10.8. The number of hydrogen-bond acceptors (Lipinski definition) is 3. The standard InChI is InChI=1S/C10H20O3P.F6P/c1-4-14(5-2,6-3)8-9-7-12-10(11)13-9;1-7(2,3,4,5)6/h9H,4-8H2,1-3H3;/q+1;-1. The van der Waals surface area contributed by atoms with Gasteiger partial charge >= 0.3 is 39.1 Å². The molecular formula is C10H20F6O3P2. The average molecular weight is 364 g/mol. The molecule has 1 aliphatic rings. The first kappa shape index (κ1) is 20.7. The van der Waals surface area contributed by atoms with Gasteiger partial charge < -0.3 is 9.47 Å². The molecule has 1 rings (SSSR count). The molecule has 1 saturated heterocycles. The Balaban J connectivity index is 0.000000486. The first-order valence-electron chi connectivity index (χ1n) is 6.35. The number of cyclic esters (lactones) is 2. The number of carbonyl (C=O) groups is 1. The van der Waals surface area contributed by atoms with Crippen molar-refractivity contribution in [3.63, 3.8) is 0 Å². The normalized spacial score (nSPS) is 22.3. The molecule has 130 valence electrons. The molecule has 1 aliphatic heterocycles. The SMILES string of the molecule is CC[P+](CC)(CC)CC1COC(=O)O1.F[P-](F)(F)(F)(F)F. The summed E-state index contributed by atoms with van der Waals surface area (Å²) in [6.07, 6.45) is 4.31. The molecule has 0 aliphatic carbocycles. The first-order valence-corrected chi connectivity index (χ1v) is 10.9. The summed E-state index contributed by atoms with van der Waals surface area (Å²) >= 11 is 0. The Morgan fingerprint density at radius 1 is 1.05 bits per heavy atom.